The molecule has 0 saturated heterocycles. The third-order valence-corrected chi connectivity index (χ3v) is 1.31. The second-order valence-electron chi connectivity index (χ2n) is 2.21. The van der Waals surface area contributed by atoms with E-state index in [1.54, 1.807) is 13.2 Å². The first-order valence-corrected chi connectivity index (χ1v) is 3.69. The second-order valence-corrected chi connectivity index (χ2v) is 2.21. The van der Waals surface area contributed by atoms with E-state index in [4.69, 9.17) is 14.6 Å². The molecule has 0 aliphatic rings. The molecule has 0 saturated carbocycles. The van der Waals surface area contributed by atoms with E-state index in [1.807, 2.05) is 0 Å². The summed E-state index contributed by atoms with van der Waals surface area (Å²) in [6, 6.07) is 0. The average Bonchev–Trinajstić information content (AvgIpc) is 2.05. The van der Waals surface area contributed by atoms with Crippen molar-refractivity contribution in [2.24, 2.45) is 0 Å². The van der Waals surface area contributed by atoms with Crippen molar-refractivity contribution in [2.75, 3.05) is 20.5 Å². The van der Waals surface area contributed by atoms with Crippen molar-refractivity contribution in [2.45, 2.75) is 18.9 Å². The Morgan fingerprint density at radius 1 is 1.64 bits per heavy atom. The van der Waals surface area contributed by atoms with Crippen LogP contribution in [0, 0.1) is 0 Å². The lowest BCUT2D eigenvalue weighted by Crippen LogP contribution is -2.11. The van der Waals surface area contributed by atoms with E-state index >= 15 is 0 Å². The van der Waals surface area contributed by atoms with Gasteiger partial charge in [-0.15, -0.1) is 6.58 Å². The first-order chi connectivity index (χ1) is 5.35. The van der Waals surface area contributed by atoms with Crippen LogP contribution in [0.5, 0.6) is 0 Å². The highest BCUT2D eigenvalue weighted by atomic mass is 16.7. The molecule has 0 unspecified atom stereocenters. The average molecular weight is 160 g/mol. The summed E-state index contributed by atoms with van der Waals surface area (Å²) in [5.74, 6) is 0. The van der Waals surface area contributed by atoms with Crippen LogP contribution in [-0.2, 0) is 9.47 Å². The zero-order valence-corrected chi connectivity index (χ0v) is 6.95. The van der Waals surface area contributed by atoms with Gasteiger partial charge in [0.2, 0.25) is 0 Å². The third kappa shape index (κ3) is 6.04. The fraction of sp³-hybridized carbons (Fsp3) is 0.750. The fourth-order valence-corrected chi connectivity index (χ4v) is 0.717. The topological polar surface area (TPSA) is 38.7 Å². The summed E-state index contributed by atoms with van der Waals surface area (Å²) in [5, 5.41) is 8.51. The summed E-state index contributed by atoms with van der Waals surface area (Å²) < 4.78 is 9.91. The normalized spacial score (nSPS) is 12.9. The molecule has 11 heavy (non-hydrogen) atoms. The lowest BCUT2D eigenvalue weighted by Gasteiger charge is -2.11. The largest absolute Gasteiger partial charge is 0.396 e. The van der Waals surface area contributed by atoms with Crippen LogP contribution in [0.4, 0.5) is 0 Å². The summed E-state index contributed by atoms with van der Waals surface area (Å²) in [5.41, 5.74) is 0. The van der Waals surface area contributed by atoms with Gasteiger partial charge in [-0.25, -0.2) is 0 Å². The number of hydrogen-bond acceptors (Lipinski definition) is 3. The third-order valence-electron chi connectivity index (χ3n) is 1.31. The van der Waals surface area contributed by atoms with Gasteiger partial charge in [0.25, 0.3) is 0 Å². The van der Waals surface area contributed by atoms with Crippen LogP contribution in [0.3, 0.4) is 0 Å². The highest BCUT2D eigenvalue weighted by molar-refractivity contribution is 4.79. The van der Waals surface area contributed by atoms with Crippen LogP contribution in [-0.4, -0.2) is 31.7 Å². The van der Waals surface area contributed by atoms with Crippen LogP contribution in [0.1, 0.15) is 12.8 Å². The van der Waals surface area contributed by atoms with Crippen LogP contribution in [0.15, 0.2) is 12.7 Å². The smallest absolute Gasteiger partial charge is 0.147 e. The van der Waals surface area contributed by atoms with Gasteiger partial charge in [-0.3, -0.25) is 0 Å². The number of rotatable bonds is 7. The van der Waals surface area contributed by atoms with E-state index in [2.05, 4.69) is 6.58 Å². The standard InChI is InChI=1S/C8H16O3/c1-3-8(5-4-6-9)11-7-10-2/h3,8-9H,1,4-7H2,2H3/t8-/m1/s1. The molecule has 0 rings (SSSR count). The van der Waals surface area contributed by atoms with Gasteiger partial charge in [-0.1, -0.05) is 6.08 Å². The minimum absolute atomic E-state index is 0.00194. The lowest BCUT2D eigenvalue weighted by atomic mass is 10.2. The molecule has 0 aromatic carbocycles. The molecule has 0 aliphatic carbocycles. The molecule has 0 aromatic heterocycles. The van der Waals surface area contributed by atoms with Crippen LogP contribution >= 0.6 is 0 Å². The van der Waals surface area contributed by atoms with Crippen molar-refractivity contribution < 1.29 is 14.6 Å². The van der Waals surface area contributed by atoms with Gasteiger partial charge in [-0.2, -0.15) is 0 Å². The molecule has 1 atom stereocenters. The molecule has 66 valence electrons. The quantitative estimate of drug-likeness (QED) is 0.445. The highest BCUT2D eigenvalue weighted by Gasteiger charge is 2.01. The van der Waals surface area contributed by atoms with E-state index in [9.17, 15) is 0 Å². The minimum atomic E-state index is 0.00194. The van der Waals surface area contributed by atoms with Crippen molar-refractivity contribution in [1.29, 1.82) is 0 Å². The van der Waals surface area contributed by atoms with Crippen molar-refractivity contribution in [3.8, 4) is 0 Å². The molecular formula is C8H16O3. The maximum Gasteiger partial charge on any atom is 0.147 e. The number of hydrogen-bond donors (Lipinski definition) is 1. The first kappa shape index (κ1) is 10.6. The zero-order valence-electron chi connectivity index (χ0n) is 6.95. The lowest BCUT2D eigenvalue weighted by molar-refractivity contribution is -0.0585. The van der Waals surface area contributed by atoms with Gasteiger partial charge >= 0.3 is 0 Å². The summed E-state index contributed by atoms with van der Waals surface area (Å²) in [6.07, 6.45) is 3.25. The Hall–Kier alpha value is -0.380. The van der Waals surface area contributed by atoms with Gasteiger partial charge < -0.3 is 14.6 Å². The molecule has 0 aliphatic heterocycles. The molecule has 0 aromatic rings. The van der Waals surface area contributed by atoms with E-state index in [1.165, 1.54) is 0 Å². The predicted octanol–water partition coefficient (Wildman–Crippen LogP) is 0.934. The maximum atomic E-state index is 8.51. The molecule has 0 bridgehead atoms. The number of methoxy groups -OCH3 is 1. The zero-order chi connectivity index (χ0) is 8.53. The van der Waals surface area contributed by atoms with Crippen molar-refractivity contribution in [3.63, 3.8) is 0 Å². The summed E-state index contributed by atoms with van der Waals surface area (Å²) in [7, 11) is 1.58. The molecule has 3 nitrogen and oxygen atoms in total. The number of ether oxygens (including phenoxy) is 2. The molecule has 0 spiro atoms. The van der Waals surface area contributed by atoms with Crippen LogP contribution in [0.2, 0.25) is 0 Å². The van der Waals surface area contributed by atoms with Crippen LogP contribution in [0.25, 0.3) is 0 Å². The number of aliphatic hydroxyl groups is 1. The van der Waals surface area contributed by atoms with E-state index in [0.29, 0.717) is 0 Å². The Morgan fingerprint density at radius 3 is 2.82 bits per heavy atom. The summed E-state index contributed by atoms with van der Waals surface area (Å²) in [6.45, 7) is 4.08. The second kappa shape index (κ2) is 7.72. The van der Waals surface area contributed by atoms with E-state index in [0.717, 1.165) is 12.8 Å². The van der Waals surface area contributed by atoms with Gasteiger partial charge in [0.15, 0.2) is 0 Å². The Balaban J connectivity index is 3.33. The van der Waals surface area contributed by atoms with E-state index < -0.39 is 0 Å². The van der Waals surface area contributed by atoms with E-state index in [-0.39, 0.29) is 19.5 Å². The molecule has 0 heterocycles. The minimum Gasteiger partial charge on any atom is -0.396 e. The monoisotopic (exact) mass is 160 g/mol. The molecule has 3 heteroatoms. The van der Waals surface area contributed by atoms with Gasteiger partial charge in [0.1, 0.15) is 6.79 Å². The van der Waals surface area contributed by atoms with Crippen molar-refractivity contribution in [1.82, 2.24) is 0 Å². The predicted molar refractivity (Wildman–Crippen MR) is 43.3 cm³/mol. The number of aliphatic hydroxyl groups excluding tert-OH is 1. The Morgan fingerprint density at radius 2 is 2.36 bits per heavy atom. The Kier molecular flexibility index (Phi) is 7.46. The Bertz CT molecular complexity index is 85.3. The molecule has 0 radical (unpaired) electrons. The SMILES string of the molecule is C=C[C@H](CCCO)OCOC. The molecular weight excluding hydrogens is 144 g/mol. The van der Waals surface area contributed by atoms with Gasteiger partial charge in [-0.05, 0) is 12.8 Å². The molecule has 1 N–H and O–H groups in total. The van der Waals surface area contributed by atoms with Gasteiger partial charge in [0.05, 0.1) is 6.10 Å². The fourth-order valence-electron chi connectivity index (χ4n) is 0.717. The van der Waals surface area contributed by atoms with Crippen molar-refractivity contribution >= 4 is 0 Å². The maximum absolute atomic E-state index is 8.51. The highest BCUT2D eigenvalue weighted by Crippen LogP contribution is 2.02. The Labute approximate surface area is 67.6 Å². The summed E-state index contributed by atoms with van der Waals surface area (Å²) >= 11 is 0. The summed E-state index contributed by atoms with van der Waals surface area (Å²) in [4.78, 5) is 0. The van der Waals surface area contributed by atoms with Crippen molar-refractivity contribution in [3.05, 3.63) is 12.7 Å². The first-order valence-electron chi connectivity index (χ1n) is 3.69. The van der Waals surface area contributed by atoms with Crippen LogP contribution < -0.4 is 0 Å². The molecule has 0 fully saturated rings. The van der Waals surface area contributed by atoms with Gasteiger partial charge in [0, 0.05) is 13.7 Å². The molecule has 0 amide bonds.